The van der Waals surface area contributed by atoms with E-state index in [-0.39, 0.29) is 12.5 Å². The lowest BCUT2D eigenvalue weighted by Crippen LogP contribution is -2.40. The van der Waals surface area contributed by atoms with Crippen molar-refractivity contribution in [1.82, 2.24) is 15.1 Å². The maximum atomic E-state index is 11.6. The van der Waals surface area contributed by atoms with Gasteiger partial charge < -0.3 is 10.4 Å². The molecule has 1 rings (SSSR count). The molecule has 0 aromatic carbocycles. The number of carboxylic acid groups (broad SMARTS) is 1. The van der Waals surface area contributed by atoms with Gasteiger partial charge in [0.15, 0.2) is 0 Å². The summed E-state index contributed by atoms with van der Waals surface area (Å²) in [6.45, 7) is 3.50. The van der Waals surface area contributed by atoms with Gasteiger partial charge >= 0.3 is 5.97 Å². The van der Waals surface area contributed by atoms with Gasteiger partial charge in [0.1, 0.15) is 0 Å². The molecule has 0 aliphatic rings. The van der Waals surface area contributed by atoms with Crippen molar-refractivity contribution in [3.8, 4) is 0 Å². The number of aromatic nitrogens is 2. The largest absolute Gasteiger partial charge is 0.481 e. The lowest BCUT2D eigenvalue weighted by Gasteiger charge is -2.22. The van der Waals surface area contributed by atoms with Crippen LogP contribution in [0.5, 0.6) is 0 Å². The molecule has 0 spiro atoms. The van der Waals surface area contributed by atoms with Gasteiger partial charge in [0.05, 0.1) is 11.1 Å². The molecule has 2 N–H and O–H groups in total. The molecular weight excluding hydrogens is 246 g/mol. The predicted molar refractivity (Wildman–Crippen MR) is 71.3 cm³/mol. The van der Waals surface area contributed by atoms with E-state index in [4.69, 9.17) is 5.11 Å². The molecule has 6 heteroatoms. The third-order valence-corrected chi connectivity index (χ3v) is 3.21. The van der Waals surface area contributed by atoms with Crippen LogP contribution in [0.2, 0.25) is 0 Å². The molecule has 1 atom stereocenters. The van der Waals surface area contributed by atoms with Gasteiger partial charge in [-0.25, -0.2) is 0 Å². The second-order valence-corrected chi connectivity index (χ2v) is 4.65. The first-order valence-electron chi connectivity index (χ1n) is 6.06. The highest BCUT2D eigenvalue weighted by atomic mass is 16.4. The summed E-state index contributed by atoms with van der Waals surface area (Å²) in [6.07, 6.45) is 5.09. The second-order valence-electron chi connectivity index (χ2n) is 4.65. The van der Waals surface area contributed by atoms with Gasteiger partial charge in [-0.3, -0.25) is 14.3 Å². The molecule has 104 valence electrons. The van der Waals surface area contributed by atoms with Crippen molar-refractivity contribution in [3.05, 3.63) is 24.0 Å². The molecule has 0 aliphatic carbocycles. The summed E-state index contributed by atoms with van der Waals surface area (Å²) < 4.78 is 1.64. The standard InChI is InChI=1S/C13H19N3O3/c1-4-13(2,12(18)19)9-14-11(17)6-5-10-7-8-15-16(10)3/h5-8H,4,9H2,1-3H3,(H,14,17)(H,18,19)/b6-5+. The number of carbonyl (C=O) groups is 2. The van der Waals surface area contributed by atoms with Crippen LogP contribution in [0, 0.1) is 5.41 Å². The quantitative estimate of drug-likeness (QED) is 0.753. The highest BCUT2D eigenvalue weighted by molar-refractivity contribution is 5.91. The van der Waals surface area contributed by atoms with Gasteiger partial charge in [-0.1, -0.05) is 6.92 Å². The molecule has 1 aromatic heterocycles. The Labute approximate surface area is 112 Å². The summed E-state index contributed by atoms with van der Waals surface area (Å²) >= 11 is 0. The number of hydrogen-bond acceptors (Lipinski definition) is 3. The molecular formula is C13H19N3O3. The summed E-state index contributed by atoms with van der Waals surface area (Å²) in [4.78, 5) is 22.7. The number of carbonyl (C=O) groups excluding carboxylic acids is 1. The average Bonchev–Trinajstić information content (AvgIpc) is 2.78. The summed E-state index contributed by atoms with van der Waals surface area (Å²) in [5.74, 6) is -1.23. The van der Waals surface area contributed by atoms with Gasteiger partial charge in [0.25, 0.3) is 0 Å². The Kier molecular flexibility index (Phi) is 4.86. The van der Waals surface area contributed by atoms with Gasteiger partial charge in [-0.05, 0) is 25.5 Å². The summed E-state index contributed by atoms with van der Waals surface area (Å²) in [7, 11) is 1.77. The van der Waals surface area contributed by atoms with Crippen molar-refractivity contribution in [1.29, 1.82) is 0 Å². The van der Waals surface area contributed by atoms with Crippen LogP contribution in [0.3, 0.4) is 0 Å². The SMILES string of the molecule is CCC(C)(CNC(=O)/C=C/c1ccnn1C)C(=O)O. The van der Waals surface area contributed by atoms with Crippen LogP contribution in [0.4, 0.5) is 0 Å². The Bertz CT molecular complexity index is 493. The number of aryl methyl sites for hydroxylation is 1. The molecule has 1 aromatic rings. The minimum Gasteiger partial charge on any atom is -0.481 e. The van der Waals surface area contributed by atoms with Crippen LogP contribution in [0.15, 0.2) is 18.3 Å². The molecule has 19 heavy (non-hydrogen) atoms. The van der Waals surface area contributed by atoms with E-state index in [9.17, 15) is 9.59 Å². The number of aliphatic carboxylic acids is 1. The smallest absolute Gasteiger partial charge is 0.311 e. The van der Waals surface area contributed by atoms with Gasteiger partial charge in [-0.2, -0.15) is 5.10 Å². The fraction of sp³-hybridized carbons (Fsp3) is 0.462. The topological polar surface area (TPSA) is 84.2 Å². The van der Waals surface area contributed by atoms with Gasteiger partial charge in [0, 0.05) is 25.9 Å². The first-order chi connectivity index (χ1) is 8.89. The summed E-state index contributed by atoms with van der Waals surface area (Å²) in [5, 5.41) is 15.7. The highest BCUT2D eigenvalue weighted by Gasteiger charge is 2.31. The zero-order chi connectivity index (χ0) is 14.5. The van der Waals surface area contributed by atoms with Crippen LogP contribution < -0.4 is 5.32 Å². The van der Waals surface area contributed by atoms with E-state index in [1.165, 1.54) is 6.08 Å². The van der Waals surface area contributed by atoms with Crippen LogP contribution in [0.25, 0.3) is 6.08 Å². The van der Waals surface area contributed by atoms with Crippen LogP contribution in [-0.2, 0) is 16.6 Å². The maximum Gasteiger partial charge on any atom is 0.311 e. The molecule has 1 heterocycles. The first kappa shape index (κ1) is 14.9. The monoisotopic (exact) mass is 265 g/mol. The van der Waals surface area contributed by atoms with Crippen molar-refractivity contribution in [2.45, 2.75) is 20.3 Å². The molecule has 0 saturated heterocycles. The Balaban J connectivity index is 2.55. The van der Waals surface area contributed by atoms with E-state index < -0.39 is 11.4 Å². The van der Waals surface area contributed by atoms with Crippen LogP contribution in [0.1, 0.15) is 26.0 Å². The van der Waals surface area contributed by atoms with Crippen molar-refractivity contribution in [2.24, 2.45) is 12.5 Å². The molecule has 0 fully saturated rings. The molecule has 0 radical (unpaired) electrons. The van der Waals surface area contributed by atoms with Crippen molar-refractivity contribution < 1.29 is 14.7 Å². The van der Waals surface area contributed by atoms with E-state index in [0.29, 0.717) is 6.42 Å². The minimum absolute atomic E-state index is 0.105. The van der Waals surface area contributed by atoms with E-state index >= 15 is 0 Å². The Morgan fingerprint density at radius 2 is 2.26 bits per heavy atom. The van der Waals surface area contributed by atoms with E-state index in [0.717, 1.165) is 5.69 Å². The zero-order valence-corrected chi connectivity index (χ0v) is 11.4. The third kappa shape index (κ3) is 3.94. The first-order valence-corrected chi connectivity index (χ1v) is 6.06. The van der Waals surface area contributed by atoms with E-state index in [2.05, 4.69) is 10.4 Å². The highest BCUT2D eigenvalue weighted by Crippen LogP contribution is 2.19. The molecule has 1 amide bonds. The fourth-order valence-electron chi connectivity index (χ4n) is 1.40. The lowest BCUT2D eigenvalue weighted by atomic mass is 9.88. The number of nitrogens with one attached hydrogen (secondary N) is 1. The van der Waals surface area contributed by atoms with E-state index in [1.54, 1.807) is 43.9 Å². The van der Waals surface area contributed by atoms with Gasteiger partial charge in [0.2, 0.25) is 5.91 Å². The average molecular weight is 265 g/mol. The van der Waals surface area contributed by atoms with Crippen molar-refractivity contribution >= 4 is 18.0 Å². The predicted octanol–water partition coefficient (Wildman–Crippen LogP) is 1.05. The molecule has 0 bridgehead atoms. The molecule has 0 aliphatic heterocycles. The number of carboxylic acids is 1. The molecule has 6 nitrogen and oxygen atoms in total. The minimum atomic E-state index is -0.934. The third-order valence-electron chi connectivity index (χ3n) is 3.21. The Hall–Kier alpha value is -2.11. The van der Waals surface area contributed by atoms with Crippen molar-refractivity contribution in [3.63, 3.8) is 0 Å². The number of rotatable bonds is 6. The summed E-state index contributed by atoms with van der Waals surface area (Å²) in [5.41, 5.74) is -0.137. The number of nitrogens with zero attached hydrogens (tertiary/aromatic N) is 2. The Morgan fingerprint density at radius 3 is 2.74 bits per heavy atom. The Morgan fingerprint density at radius 1 is 1.58 bits per heavy atom. The number of hydrogen-bond donors (Lipinski definition) is 2. The van der Waals surface area contributed by atoms with E-state index in [1.807, 2.05) is 0 Å². The maximum absolute atomic E-state index is 11.6. The van der Waals surface area contributed by atoms with Gasteiger partial charge in [-0.15, -0.1) is 0 Å². The zero-order valence-electron chi connectivity index (χ0n) is 11.4. The fourth-order valence-corrected chi connectivity index (χ4v) is 1.40. The van der Waals surface area contributed by atoms with Crippen LogP contribution >= 0.6 is 0 Å². The van der Waals surface area contributed by atoms with Crippen LogP contribution in [-0.4, -0.2) is 33.3 Å². The number of amides is 1. The molecule has 0 saturated carbocycles. The lowest BCUT2D eigenvalue weighted by molar-refractivity contribution is -0.148. The van der Waals surface area contributed by atoms with Crippen molar-refractivity contribution in [2.75, 3.05) is 6.54 Å². The second kappa shape index (κ2) is 6.17. The summed E-state index contributed by atoms with van der Waals surface area (Å²) in [6, 6.07) is 1.77. The molecule has 1 unspecified atom stereocenters. The normalized spacial score (nSPS) is 14.3.